The largest absolute Gasteiger partial charge is 0.480 e. The summed E-state index contributed by atoms with van der Waals surface area (Å²) in [5, 5.41) is 13.8. The molecule has 0 spiro atoms. The van der Waals surface area contributed by atoms with E-state index < -0.39 is 12.0 Å². The van der Waals surface area contributed by atoms with Gasteiger partial charge in [0, 0.05) is 13.0 Å². The average molecular weight is 228 g/mol. The summed E-state index contributed by atoms with van der Waals surface area (Å²) in [6.07, 6.45) is 1.15. The molecule has 0 aliphatic carbocycles. The molecule has 3 N–H and O–H groups in total. The van der Waals surface area contributed by atoms with Crippen molar-refractivity contribution in [3.63, 3.8) is 0 Å². The van der Waals surface area contributed by atoms with Crippen molar-refractivity contribution < 1.29 is 19.5 Å². The van der Waals surface area contributed by atoms with Crippen molar-refractivity contribution in [2.24, 2.45) is 5.92 Å². The summed E-state index contributed by atoms with van der Waals surface area (Å²) in [5.41, 5.74) is 0. The molecule has 0 aromatic heterocycles. The van der Waals surface area contributed by atoms with Crippen LogP contribution in [-0.2, 0) is 14.4 Å². The molecule has 0 aromatic carbocycles. The third-order valence-corrected chi connectivity index (χ3v) is 2.66. The van der Waals surface area contributed by atoms with Crippen molar-refractivity contribution in [1.82, 2.24) is 10.6 Å². The third-order valence-electron chi connectivity index (χ3n) is 2.66. The highest BCUT2D eigenvalue weighted by Gasteiger charge is 2.27. The van der Waals surface area contributed by atoms with Crippen LogP contribution in [0.15, 0.2) is 0 Å². The first-order valence-electron chi connectivity index (χ1n) is 5.34. The van der Waals surface area contributed by atoms with Gasteiger partial charge in [-0.05, 0) is 12.8 Å². The summed E-state index contributed by atoms with van der Waals surface area (Å²) in [4.78, 5) is 33.3. The van der Waals surface area contributed by atoms with Crippen molar-refractivity contribution >= 4 is 17.8 Å². The lowest BCUT2D eigenvalue weighted by atomic mass is 9.98. The molecule has 0 saturated carbocycles. The Morgan fingerprint density at radius 3 is 2.75 bits per heavy atom. The van der Waals surface area contributed by atoms with Crippen molar-refractivity contribution in [1.29, 1.82) is 0 Å². The minimum absolute atomic E-state index is 0.0608. The molecule has 0 bridgehead atoms. The number of carboxylic acid groups (broad SMARTS) is 1. The first kappa shape index (κ1) is 12.5. The zero-order chi connectivity index (χ0) is 12.1. The second-order valence-electron chi connectivity index (χ2n) is 3.85. The summed E-state index contributed by atoms with van der Waals surface area (Å²) in [7, 11) is 0. The average Bonchev–Trinajstić information content (AvgIpc) is 2.26. The molecule has 6 heteroatoms. The van der Waals surface area contributed by atoms with Crippen molar-refractivity contribution in [2.45, 2.75) is 32.2 Å². The Hall–Kier alpha value is -1.59. The quantitative estimate of drug-likeness (QED) is 0.604. The zero-order valence-electron chi connectivity index (χ0n) is 9.16. The molecule has 1 rings (SSSR count). The number of hydrogen-bond acceptors (Lipinski definition) is 3. The number of aliphatic carboxylic acids is 1. The van der Waals surface area contributed by atoms with Crippen LogP contribution in [0.2, 0.25) is 0 Å². The number of amides is 2. The van der Waals surface area contributed by atoms with Crippen LogP contribution >= 0.6 is 0 Å². The lowest BCUT2D eigenvalue weighted by molar-refractivity contribution is -0.143. The van der Waals surface area contributed by atoms with Gasteiger partial charge in [-0.15, -0.1) is 0 Å². The van der Waals surface area contributed by atoms with Gasteiger partial charge in [0.2, 0.25) is 11.8 Å². The van der Waals surface area contributed by atoms with E-state index >= 15 is 0 Å². The number of carboxylic acids is 1. The molecule has 0 aromatic rings. The minimum Gasteiger partial charge on any atom is -0.480 e. The van der Waals surface area contributed by atoms with Crippen LogP contribution < -0.4 is 10.6 Å². The van der Waals surface area contributed by atoms with Gasteiger partial charge in [-0.2, -0.15) is 0 Å². The maximum absolute atomic E-state index is 11.7. The zero-order valence-corrected chi connectivity index (χ0v) is 9.16. The van der Waals surface area contributed by atoms with E-state index in [4.69, 9.17) is 5.11 Å². The van der Waals surface area contributed by atoms with E-state index in [1.165, 1.54) is 0 Å². The van der Waals surface area contributed by atoms with E-state index in [9.17, 15) is 14.4 Å². The lowest BCUT2D eigenvalue weighted by Crippen LogP contribution is -2.48. The maximum atomic E-state index is 11.7. The molecule has 0 radical (unpaired) electrons. The van der Waals surface area contributed by atoms with Crippen LogP contribution in [0.25, 0.3) is 0 Å². The second kappa shape index (κ2) is 5.48. The smallest absolute Gasteiger partial charge is 0.326 e. The number of carbonyl (C=O) groups is 3. The lowest BCUT2D eigenvalue weighted by Gasteiger charge is -2.23. The normalized spacial score (nSPS) is 22.1. The predicted molar refractivity (Wildman–Crippen MR) is 55.6 cm³/mol. The molecule has 1 fully saturated rings. The van der Waals surface area contributed by atoms with Crippen LogP contribution in [0.5, 0.6) is 0 Å². The Morgan fingerprint density at radius 2 is 2.31 bits per heavy atom. The SMILES string of the molecule is CC[C@@H](NC(=O)C1CCC(=O)NC1)C(=O)O. The first-order chi connectivity index (χ1) is 7.54. The monoisotopic (exact) mass is 228 g/mol. The molecule has 2 atom stereocenters. The molecule has 1 heterocycles. The van der Waals surface area contributed by atoms with Gasteiger partial charge in [0.1, 0.15) is 6.04 Å². The van der Waals surface area contributed by atoms with Gasteiger partial charge >= 0.3 is 5.97 Å². The molecule has 16 heavy (non-hydrogen) atoms. The predicted octanol–water partition coefficient (Wildman–Crippen LogP) is -0.508. The Morgan fingerprint density at radius 1 is 1.62 bits per heavy atom. The number of nitrogens with one attached hydrogen (secondary N) is 2. The highest BCUT2D eigenvalue weighted by atomic mass is 16.4. The number of hydrogen-bond donors (Lipinski definition) is 3. The highest BCUT2D eigenvalue weighted by molar-refractivity contribution is 5.87. The van der Waals surface area contributed by atoms with Crippen LogP contribution in [0.4, 0.5) is 0 Å². The first-order valence-corrected chi connectivity index (χ1v) is 5.34. The topological polar surface area (TPSA) is 95.5 Å². The van der Waals surface area contributed by atoms with Gasteiger partial charge in [0.25, 0.3) is 0 Å². The summed E-state index contributed by atoms with van der Waals surface area (Å²) in [5.74, 6) is -1.70. The van der Waals surface area contributed by atoms with Crippen molar-refractivity contribution in [3.05, 3.63) is 0 Å². The molecule has 1 aliphatic heterocycles. The molecule has 1 unspecified atom stereocenters. The molecule has 90 valence electrons. The maximum Gasteiger partial charge on any atom is 0.326 e. The van der Waals surface area contributed by atoms with Crippen molar-refractivity contribution in [3.8, 4) is 0 Å². The Bertz CT molecular complexity index is 293. The Kier molecular flexibility index (Phi) is 4.28. The van der Waals surface area contributed by atoms with Crippen LogP contribution in [0.1, 0.15) is 26.2 Å². The summed E-state index contributed by atoms with van der Waals surface area (Å²) < 4.78 is 0. The van der Waals surface area contributed by atoms with Gasteiger partial charge in [-0.1, -0.05) is 6.92 Å². The molecule has 1 saturated heterocycles. The summed E-state index contributed by atoms with van der Waals surface area (Å²) in [6.45, 7) is 1.99. The van der Waals surface area contributed by atoms with E-state index in [0.29, 0.717) is 25.8 Å². The van der Waals surface area contributed by atoms with Crippen LogP contribution in [-0.4, -0.2) is 35.5 Å². The van der Waals surface area contributed by atoms with Crippen LogP contribution in [0, 0.1) is 5.92 Å². The van der Waals surface area contributed by atoms with E-state index in [1.807, 2.05) is 0 Å². The number of rotatable bonds is 4. The Balaban J connectivity index is 2.45. The van der Waals surface area contributed by atoms with E-state index in [-0.39, 0.29) is 17.7 Å². The molecule has 6 nitrogen and oxygen atoms in total. The van der Waals surface area contributed by atoms with E-state index in [0.717, 1.165) is 0 Å². The highest BCUT2D eigenvalue weighted by Crippen LogP contribution is 2.11. The fourth-order valence-electron chi connectivity index (χ4n) is 1.58. The van der Waals surface area contributed by atoms with Crippen molar-refractivity contribution in [2.75, 3.05) is 6.54 Å². The van der Waals surface area contributed by atoms with Gasteiger partial charge in [0.05, 0.1) is 5.92 Å². The second-order valence-corrected chi connectivity index (χ2v) is 3.85. The van der Waals surface area contributed by atoms with E-state index in [1.54, 1.807) is 6.92 Å². The molecule has 2 amide bonds. The number of carbonyl (C=O) groups excluding carboxylic acids is 2. The molecule has 1 aliphatic rings. The van der Waals surface area contributed by atoms with Crippen LogP contribution in [0.3, 0.4) is 0 Å². The summed E-state index contributed by atoms with van der Waals surface area (Å²) in [6, 6.07) is -0.842. The standard InChI is InChI=1S/C10H16N2O4/c1-2-7(10(15)16)12-9(14)6-3-4-8(13)11-5-6/h6-7H,2-5H2,1H3,(H,11,13)(H,12,14)(H,15,16)/t6?,7-/m1/s1. The minimum atomic E-state index is -1.03. The van der Waals surface area contributed by atoms with Gasteiger partial charge in [-0.25, -0.2) is 4.79 Å². The third kappa shape index (κ3) is 3.22. The van der Waals surface area contributed by atoms with Gasteiger partial charge in [0.15, 0.2) is 0 Å². The van der Waals surface area contributed by atoms with Gasteiger partial charge < -0.3 is 15.7 Å². The molecular weight excluding hydrogens is 212 g/mol. The number of piperidine rings is 1. The fraction of sp³-hybridized carbons (Fsp3) is 0.700. The molecular formula is C10H16N2O4. The summed E-state index contributed by atoms with van der Waals surface area (Å²) >= 11 is 0. The fourth-order valence-corrected chi connectivity index (χ4v) is 1.58. The van der Waals surface area contributed by atoms with Gasteiger partial charge in [-0.3, -0.25) is 9.59 Å². The van der Waals surface area contributed by atoms with E-state index in [2.05, 4.69) is 10.6 Å². The Labute approximate surface area is 93.4 Å².